The minimum absolute atomic E-state index is 0.106. The Morgan fingerprint density at radius 2 is 1.95 bits per heavy atom. The van der Waals surface area contributed by atoms with E-state index in [0.717, 1.165) is 31.5 Å². The Bertz CT molecular complexity index is 387. The van der Waals surface area contributed by atoms with Crippen molar-refractivity contribution in [1.82, 2.24) is 10.2 Å². The molecule has 4 heteroatoms. The monoisotopic (exact) mass is 263 g/mol. The first-order valence-corrected chi connectivity index (χ1v) is 6.82. The van der Waals surface area contributed by atoms with Crippen molar-refractivity contribution in [2.45, 2.75) is 25.8 Å². The van der Waals surface area contributed by atoms with Crippen molar-refractivity contribution in [1.29, 1.82) is 0 Å². The first-order chi connectivity index (χ1) is 9.04. The zero-order valence-corrected chi connectivity index (χ0v) is 12.1. The summed E-state index contributed by atoms with van der Waals surface area (Å²) in [5.74, 6) is 0.146. The average Bonchev–Trinajstić information content (AvgIpc) is 2.39. The number of nitrogens with two attached hydrogens (primary N) is 1. The van der Waals surface area contributed by atoms with Gasteiger partial charge in [-0.2, -0.15) is 0 Å². The van der Waals surface area contributed by atoms with Gasteiger partial charge in [0.05, 0.1) is 6.04 Å². The van der Waals surface area contributed by atoms with Crippen molar-refractivity contribution in [3.05, 3.63) is 29.8 Å². The van der Waals surface area contributed by atoms with Crippen molar-refractivity contribution in [3.8, 4) is 0 Å². The topological polar surface area (TPSA) is 58.4 Å². The van der Waals surface area contributed by atoms with Crippen LogP contribution in [0.15, 0.2) is 24.3 Å². The molecule has 0 aliphatic rings. The zero-order valence-electron chi connectivity index (χ0n) is 12.1. The molecule has 0 saturated carbocycles. The molecule has 1 aromatic carbocycles. The van der Waals surface area contributed by atoms with Crippen LogP contribution in [0.4, 0.5) is 5.69 Å². The maximum Gasteiger partial charge on any atom is 0.179 e. The second-order valence-electron chi connectivity index (χ2n) is 5.06. The molecule has 0 aliphatic carbocycles. The van der Waals surface area contributed by atoms with E-state index < -0.39 is 0 Å². The largest absolute Gasteiger partial charge is 0.399 e. The van der Waals surface area contributed by atoms with E-state index in [-0.39, 0.29) is 11.8 Å². The molecule has 0 fully saturated rings. The van der Waals surface area contributed by atoms with Crippen LogP contribution < -0.4 is 11.1 Å². The molecule has 0 spiro atoms. The Kier molecular flexibility index (Phi) is 6.53. The Morgan fingerprint density at radius 1 is 1.32 bits per heavy atom. The number of anilines is 1. The highest BCUT2D eigenvalue weighted by Crippen LogP contribution is 2.09. The van der Waals surface area contributed by atoms with Gasteiger partial charge < -0.3 is 16.0 Å². The third-order valence-electron chi connectivity index (χ3n) is 3.09. The first kappa shape index (κ1) is 15.7. The summed E-state index contributed by atoms with van der Waals surface area (Å²) >= 11 is 0. The van der Waals surface area contributed by atoms with Crippen molar-refractivity contribution in [3.63, 3.8) is 0 Å². The lowest BCUT2D eigenvalue weighted by molar-refractivity contribution is 0.0940. The van der Waals surface area contributed by atoms with Crippen LogP contribution in [0.2, 0.25) is 0 Å². The Labute approximate surface area is 116 Å². The summed E-state index contributed by atoms with van der Waals surface area (Å²) in [7, 11) is 4.10. The van der Waals surface area contributed by atoms with Crippen LogP contribution in [0.25, 0.3) is 0 Å². The van der Waals surface area contributed by atoms with Crippen LogP contribution in [0.3, 0.4) is 0 Å². The number of nitrogens with zero attached hydrogens (tertiary/aromatic N) is 1. The number of benzene rings is 1. The van der Waals surface area contributed by atoms with Gasteiger partial charge in [0, 0.05) is 11.3 Å². The summed E-state index contributed by atoms with van der Waals surface area (Å²) in [6, 6.07) is 7.02. The number of carbonyl (C=O) groups excluding carboxylic acids is 1. The van der Waals surface area contributed by atoms with Crippen molar-refractivity contribution in [2.24, 2.45) is 0 Å². The summed E-state index contributed by atoms with van der Waals surface area (Å²) < 4.78 is 0. The van der Waals surface area contributed by atoms with E-state index in [0.29, 0.717) is 5.69 Å². The molecular formula is C15H25N3O. The maximum atomic E-state index is 12.3. The molecule has 4 nitrogen and oxygen atoms in total. The van der Waals surface area contributed by atoms with Crippen LogP contribution in [-0.4, -0.2) is 43.9 Å². The van der Waals surface area contributed by atoms with Gasteiger partial charge in [-0.15, -0.1) is 0 Å². The molecule has 3 N–H and O–H groups in total. The Hall–Kier alpha value is -1.39. The standard InChI is InChI=1S/C15H25N3O/c1-4-14(17-10-5-11-18(2)3)15(19)12-6-8-13(16)9-7-12/h6-9,14,17H,4-5,10-11,16H2,1-3H3. The summed E-state index contributed by atoms with van der Waals surface area (Å²) in [5, 5.41) is 3.33. The summed E-state index contributed by atoms with van der Waals surface area (Å²) in [4.78, 5) is 14.4. The number of hydrogen-bond acceptors (Lipinski definition) is 4. The highest BCUT2D eigenvalue weighted by Gasteiger charge is 2.17. The quantitative estimate of drug-likeness (QED) is 0.426. The Morgan fingerprint density at radius 3 is 2.47 bits per heavy atom. The number of hydrogen-bond donors (Lipinski definition) is 2. The molecule has 19 heavy (non-hydrogen) atoms. The first-order valence-electron chi connectivity index (χ1n) is 6.82. The predicted molar refractivity (Wildman–Crippen MR) is 80.4 cm³/mol. The molecule has 1 rings (SSSR count). The van der Waals surface area contributed by atoms with E-state index in [9.17, 15) is 4.79 Å². The van der Waals surface area contributed by atoms with E-state index in [4.69, 9.17) is 5.73 Å². The van der Waals surface area contributed by atoms with Crippen LogP contribution in [0.1, 0.15) is 30.1 Å². The minimum atomic E-state index is -0.106. The molecule has 0 aromatic heterocycles. The van der Waals surface area contributed by atoms with Gasteiger partial charge in [0.25, 0.3) is 0 Å². The lowest BCUT2D eigenvalue weighted by Crippen LogP contribution is -2.37. The lowest BCUT2D eigenvalue weighted by Gasteiger charge is -2.17. The van der Waals surface area contributed by atoms with Gasteiger partial charge in [0.1, 0.15) is 0 Å². The fourth-order valence-electron chi connectivity index (χ4n) is 1.94. The van der Waals surface area contributed by atoms with E-state index in [1.54, 1.807) is 24.3 Å². The van der Waals surface area contributed by atoms with Gasteiger partial charge in [-0.1, -0.05) is 6.92 Å². The number of nitrogens with one attached hydrogen (secondary N) is 1. The van der Waals surface area contributed by atoms with E-state index in [1.165, 1.54) is 0 Å². The lowest BCUT2D eigenvalue weighted by atomic mass is 10.0. The van der Waals surface area contributed by atoms with Crippen molar-refractivity contribution >= 4 is 11.5 Å². The molecule has 0 saturated heterocycles. The van der Waals surface area contributed by atoms with Crippen molar-refractivity contribution in [2.75, 3.05) is 32.9 Å². The molecule has 106 valence electrons. The van der Waals surface area contributed by atoms with Gasteiger partial charge in [-0.3, -0.25) is 4.79 Å². The van der Waals surface area contributed by atoms with Gasteiger partial charge in [-0.25, -0.2) is 0 Å². The minimum Gasteiger partial charge on any atom is -0.399 e. The number of ketones is 1. The molecule has 0 bridgehead atoms. The van der Waals surface area contributed by atoms with Crippen LogP contribution in [-0.2, 0) is 0 Å². The average molecular weight is 263 g/mol. The number of Topliss-reactive ketones (excluding diaryl/α,β-unsaturated/α-hetero) is 1. The number of rotatable bonds is 8. The van der Waals surface area contributed by atoms with Crippen LogP contribution >= 0.6 is 0 Å². The molecule has 1 unspecified atom stereocenters. The molecule has 0 radical (unpaired) electrons. The summed E-state index contributed by atoms with van der Waals surface area (Å²) in [5.41, 5.74) is 7.04. The van der Waals surface area contributed by atoms with E-state index in [1.807, 2.05) is 6.92 Å². The predicted octanol–water partition coefficient (Wildman–Crippen LogP) is 1.77. The summed E-state index contributed by atoms with van der Waals surface area (Å²) in [6.45, 7) is 3.91. The van der Waals surface area contributed by atoms with Crippen LogP contribution in [0.5, 0.6) is 0 Å². The Balaban J connectivity index is 2.49. The molecule has 0 heterocycles. The van der Waals surface area contributed by atoms with Crippen molar-refractivity contribution < 1.29 is 4.79 Å². The molecule has 0 aliphatic heterocycles. The van der Waals surface area contributed by atoms with Gasteiger partial charge in [-0.05, 0) is 64.3 Å². The number of nitrogen functional groups attached to an aromatic ring is 1. The second-order valence-corrected chi connectivity index (χ2v) is 5.06. The van der Waals surface area contributed by atoms with E-state index >= 15 is 0 Å². The fraction of sp³-hybridized carbons (Fsp3) is 0.533. The number of carbonyl (C=O) groups is 1. The maximum absolute atomic E-state index is 12.3. The smallest absolute Gasteiger partial charge is 0.179 e. The van der Waals surface area contributed by atoms with E-state index in [2.05, 4.69) is 24.3 Å². The molecule has 1 aromatic rings. The van der Waals surface area contributed by atoms with Gasteiger partial charge >= 0.3 is 0 Å². The zero-order chi connectivity index (χ0) is 14.3. The van der Waals surface area contributed by atoms with Crippen LogP contribution in [0, 0.1) is 0 Å². The third kappa shape index (κ3) is 5.41. The molecular weight excluding hydrogens is 238 g/mol. The fourth-order valence-corrected chi connectivity index (χ4v) is 1.94. The highest BCUT2D eigenvalue weighted by atomic mass is 16.1. The highest BCUT2D eigenvalue weighted by molar-refractivity contribution is 6.00. The van der Waals surface area contributed by atoms with Gasteiger partial charge in [0.2, 0.25) is 0 Å². The van der Waals surface area contributed by atoms with Gasteiger partial charge in [0.15, 0.2) is 5.78 Å². The molecule has 1 atom stereocenters. The summed E-state index contributed by atoms with van der Waals surface area (Å²) in [6.07, 6.45) is 1.84. The second kappa shape index (κ2) is 7.92. The SMILES string of the molecule is CCC(NCCCN(C)C)C(=O)c1ccc(N)cc1. The molecule has 0 amide bonds. The third-order valence-corrected chi connectivity index (χ3v) is 3.09. The normalized spacial score (nSPS) is 12.6.